The van der Waals surface area contributed by atoms with Crippen LogP contribution in [0.1, 0.15) is 13.8 Å². The van der Waals surface area contributed by atoms with Crippen molar-refractivity contribution in [2.45, 2.75) is 13.8 Å². The molecule has 0 spiro atoms. The smallest absolute Gasteiger partial charge is 0.0283 e. The molecule has 2 heteroatoms. The van der Waals surface area contributed by atoms with E-state index in [1.807, 2.05) is 26.0 Å². The number of nitrogens with two attached hydrogens (primary N) is 1. The molecule has 1 rings (SSSR count). The van der Waals surface area contributed by atoms with Gasteiger partial charge in [-0.05, 0) is 19.2 Å². The second-order valence-corrected chi connectivity index (χ2v) is 2.33. The lowest BCUT2D eigenvalue weighted by atomic mass is 10.4. The van der Waals surface area contributed by atoms with Gasteiger partial charge >= 0.3 is 0 Å². The summed E-state index contributed by atoms with van der Waals surface area (Å²) < 4.78 is 0. The van der Waals surface area contributed by atoms with E-state index in [4.69, 9.17) is 5.73 Å². The molecule has 0 radical (unpaired) electrons. The van der Waals surface area contributed by atoms with Gasteiger partial charge in [0.15, 0.2) is 0 Å². The minimum absolute atomic E-state index is 0.874. The largest absolute Gasteiger partial charge is 0.399 e. The molecule has 1 aliphatic rings. The highest BCUT2D eigenvalue weighted by molar-refractivity contribution is 5.17. The molecule has 0 bridgehead atoms. The van der Waals surface area contributed by atoms with Crippen LogP contribution in [0.25, 0.3) is 0 Å². The molecule has 0 aliphatic carbocycles. The quantitative estimate of drug-likeness (QED) is 0.571. The Morgan fingerprint density at radius 2 is 2.00 bits per heavy atom. The first-order chi connectivity index (χ1) is 5.29. The van der Waals surface area contributed by atoms with Crippen LogP contribution in [0.2, 0.25) is 0 Å². The number of hydrogen-bond donors (Lipinski definition) is 1. The fraction of sp³-hybridized carbons (Fsp3) is 0.556. The summed E-state index contributed by atoms with van der Waals surface area (Å²) in [4.78, 5) is 2.19. The third-order valence-electron chi connectivity index (χ3n) is 1.37. The summed E-state index contributed by atoms with van der Waals surface area (Å²) in [6.45, 7) is 5.95. The Kier molecular flexibility index (Phi) is 5.57. The van der Waals surface area contributed by atoms with Crippen molar-refractivity contribution < 1.29 is 0 Å². The monoisotopic (exact) mass is 154 g/mol. The molecule has 0 saturated heterocycles. The van der Waals surface area contributed by atoms with Crippen LogP contribution >= 0.6 is 0 Å². The van der Waals surface area contributed by atoms with Gasteiger partial charge in [0.2, 0.25) is 0 Å². The van der Waals surface area contributed by atoms with E-state index in [1.165, 1.54) is 0 Å². The normalized spacial score (nSPS) is 17.9. The topological polar surface area (TPSA) is 29.3 Å². The third kappa shape index (κ3) is 4.62. The molecule has 0 fully saturated rings. The Labute approximate surface area is 69.4 Å². The van der Waals surface area contributed by atoms with Crippen molar-refractivity contribution in [1.82, 2.24) is 4.90 Å². The number of allylic oxidation sites excluding steroid dienone is 1. The summed E-state index contributed by atoms with van der Waals surface area (Å²) >= 11 is 0. The minimum atomic E-state index is 0.874. The standard InChI is InChI=1S/C7H12N2.C2H6/c1-9-5-2-3-7(8)4-6-9;1-2/h2-4H,5-6,8H2,1H3;1-2H3. The van der Waals surface area contributed by atoms with E-state index in [0.717, 1.165) is 18.8 Å². The maximum absolute atomic E-state index is 5.54. The van der Waals surface area contributed by atoms with Crippen LogP contribution in [0, 0.1) is 0 Å². The van der Waals surface area contributed by atoms with Crippen molar-refractivity contribution >= 4 is 0 Å². The molecular formula is C9H18N2. The van der Waals surface area contributed by atoms with E-state index in [2.05, 4.69) is 18.0 Å². The molecule has 0 amide bonds. The van der Waals surface area contributed by atoms with Gasteiger partial charge in [-0.2, -0.15) is 0 Å². The van der Waals surface area contributed by atoms with Gasteiger partial charge in [0, 0.05) is 18.8 Å². The molecule has 0 aromatic rings. The second-order valence-electron chi connectivity index (χ2n) is 2.33. The van der Waals surface area contributed by atoms with Crippen LogP contribution in [0.3, 0.4) is 0 Å². The Morgan fingerprint density at radius 3 is 2.64 bits per heavy atom. The van der Waals surface area contributed by atoms with Crippen molar-refractivity contribution in [2.24, 2.45) is 5.73 Å². The highest BCUT2D eigenvalue weighted by atomic mass is 15.1. The number of rotatable bonds is 0. The summed E-state index contributed by atoms with van der Waals surface area (Å²) in [6, 6.07) is 0. The van der Waals surface area contributed by atoms with Crippen LogP contribution in [-0.2, 0) is 0 Å². The first kappa shape index (κ1) is 10.2. The predicted octanol–water partition coefficient (Wildman–Crippen LogP) is 1.36. The van der Waals surface area contributed by atoms with Gasteiger partial charge in [-0.1, -0.05) is 19.9 Å². The summed E-state index contributed by atoms with van der Waals surface area (Å²) in [6.07, 6.45) is 6.03. The van der Waals surface area contributed by atoms with Gasteiger partial charge in [-0.25, -0.2) is 0 Å². The Morgan fingerprint density at radius 1 is 1.36 bits per heavy atom. The number of hydrogen-bond acceptors (Lipinski definition) is 2. The van der Waals surface area contributed by atoms with Crippen molar-refractivity contribution in [3.05, 3.63) is 23.9 Å². The second kappa shape index (κ2) is 5.98. The highest BCUT2D eigenvalue weighted by Gasteiger charge is 1.95. The van der Waals surface area contributed by atoms with Crippen LogP contribution in [0.15, 0.2) is 23.9 Å². The van der Waals surface area contributed by atoms with Crippen molar-refractivity contribution in [1.29, 1.82) is 0 Å². The molecule has 0 atom stereocenters. The Hall–Kier alpha value is -0.760. The van der Waals surface area contributed by atoms with Crippen molar-refractivity contribution in [3.8, 4) is 0 Å². The minimum Gasteiger partial charge on any atom is -0.399 e. The summed E-state index contributed by atoms with van der Waals surface area (Å²) in [5.74, 6) is 0. The zero-order valence-electron chi connectivity index (χ0n) is 7.67. The Balaban J connectivity index is 0.000000461. The van der Waals surface area contributed by atoms with E-state index >= 15 is 0 Å². The first-order valence-electron chi connectivity index (χ1n) is 4.10. The lowest BCUT2D eigenvalue weighted by Crippen LogP contribution is -2.17. The maximum Gasteiger partial charge on any atom is 0.0283 e. The lowest BCUT2D eigenvalue weighted by Gasteiger charge is -2.08. The molecule has 11 heavy (non-hydrogen) atoms. The van der Waals surface area contributed by atoms with Gasteiger partial charge in [0.05, 0.1) is 0 Å². The van der Waals surface area contributed by atoms with Gasteiger partial charge in [0.1, 0.15) is 0 Å². The number of nitrogens with zero attached hydrogens (tertiary/aromatic N) is 1. The zero-order valence-corrected chi connectivity index (χ0v) is 7.67. The van der Waals surface area contributed by atoms with E-state index in [0.29, 0.717) is 0 Å². The molecule has 64 valence electrons. The molecule has 1 heterocycles. The summed E-state index contributed by atoms with van der Waals surface area (Å²) in [5, 5.41) is 0. The average molecular weight is 154 g/mol. The van der Waals surface area contributed by atoms with E-state index in [1.54, 1.807) is 0 Å². The summed E-state index contributed by atoms with van der Waals surface area (Å²) in [7, 11) is 2.07. The van der Waals surface area contributed by atoms with Crippen LogP contribution in [-0.4, -0.2) is 25.0 Å². The molecule has 1 aliphatic heterocycles. The molecule has 0 aromatic carbocycles. The molecule has 0 aromatic heterocycles. The van der Waals surface area contributed by atoms with Gasteiger partial charge in [-0.15, -0.1) is 0 Å². The van der Waals surface area contributed by atoms with Crippen LogP contribution in [0.4, 0.5) is 0 Å². The molecule has 0 unspecified atom stereocenters. The SMILES string of the molecule is CC.CN1CC=CC(N)=CC1. The molecular weight excluding hydrogens is 136 g/mol. The molecule has 2 N–H and O–H groups in total. The van der Waals surface area contributed by atoms with Crippen molar-refractivity contribution in [3.63, 3.8) is 0 Å². The van der Waals surface area contributed by atoms with Gasteiger partial charge in [0.25, 0.3) is 0 Å². The van der Waals surface area contributed by atoms with Crippen LogP contribution < -0.4 is 5.73 Å². The fourth-order valence-electron chi connectivity index (χ4n) is 0.773. The molecule has 2 nitrogen and oxygen atoms in total. The maximum atomic E-state index is 5.54. The van der Waals surface area contributed by atoms with Crippen LogP contribution in [0.5, 0.6) is 0 Å². The summed E-state index contributed by atoms with van der Waals surface area (Å²) in [5.41, 5.74) is 6.42. The first-order valence-corrected chi connectivity index (χ1v) is 4.10. The Bertz CT molecular complexity index is 148. The van der Waals surface area contributed by atoms with E-state index < -0.39 is 0 Å². The predicted molar refractivity (Wildman–Crippen MR) is 50.3 cm³/mol. The average Bonchev–Trinajstić information content (AvgIpc) is 2.20. The van der Waals surface area contributed by atoms with E-state index in [9.17, 15) is 0 Å². The third-order valence-corrected chi connectivity index (χ3v) is 1.37. The van der Waals surface area contributed by atoms with Gasteiger partial charge in [-0.3, -0.25) is 4.90 Å². The zero-order chi connectivity index (χ0) is 8.69. The molecule has 0 saturated carbocycles. The van der Waals surface area contributed by atoms with Crippen molar-refractivity contribution in [2.75, 3.05) is 20.1 Å². The highest BCUT2D eigenvalue weighted by Crippen LogP contribution is 1.95. The van der Waals surface area contributed by atoms with E-state index in [-0.39, 0.29) is 0 Å². The van der Waals surface area contributed by atoms with Gasteiger partial charge < -0.3 is 5.73 Å². The fourth-order valence-corrected chi connectivity index (χ4v) is 0.773. The lowest BCUT2D eigenvalue weighted by molar-refractivity contribution is 0.414. The number of likely N-dealkylation sites (N-methyl/N-ethyl adjacent to an activating group) is 1.